The Morgan fingerprint density at radius 3 is 2.12 bits per heavy atom. The van der Waals surface area contributed by atoms with E-state index in [-0.39, 0.29) is 12.6 Å². The number of carboxylic acid groups (broad SMARTS) is 1. The third-order valence-corrected chi connectivity index (χ3v) is 2.19. The van der Waals surface area contributed by atoms with Gasteiger partial charge in [0.25, 0.3) is 6.47 Å². The maximum absolute atomic E-state index is 12.7. The van der Waals surface area contributed by atoms with Crippen molar-refractivity contribution in [3.63, 3.8) is 0 Å². The second-order valence-corrected chi connectivity index (χ2v) is 3.38. The van der Waals surface area contributed by atoms with Crippen LogP contribution in [0.5, 0.6) is 5.75 Å². The summed E-state index contributed by atoms with van der Waals surface area (Å²) >= 11 is 0. The van der Waals surface area contributed by atoms with Crippen molar-refractivity contribution in [1.82, 2.24) is 0 Å². The van der Waals surface area contributed by atoms with E-state index in [2.05, 4.69) is 0 Å². The average Bonchev–Trinajstić information content (AvgIpc) is 2.11. The highest BCUT2D eigenvalue weighted by Crippen LogP contribution is 2.25. The Hall–Kier alpha value is -1.65. The topological polar surface area (TPSA) is 46.5 Å². The fourth-order valence-electron chi connectivity index (χ4n) is 1.28. The van der Waals surface area contributed by atoms with Gasteiger partial charge in [-0.25, -0.2) is 8.78 Å². The van der Waals surface area contributed by atoms with Crippen molar-refractivity contribution in [3.05, 3.63) is 29.8 Å². The first-order chi connectivity index (χ1) is 7.65. The minimum Gasteiger partial charge on any atom is -0.490 e. The van der Waals surface area contributed by atoms with Gasteiger partial charge in [-0.3, -0.25) is 4.79 Å². The largest absolute Gasteiger partial charge is 0.490 e. The number of hydrogen-bond donors (Lipinski definition) is 1. The van der Waals surface area contributed by atoms with E-state index >= 15 is 0 Å². The summed E-state index contributed by atoms with van der Waals surface area (Å²) in [6, 6.07) is 3.26. The molecule has 1 aromatic rings. The van der Waals surface area contributed by atoms with Crippen molar-refractivity contribution in [3.8, 4) is 5.75 Å². The van der Waals surface area contributed by atoms with Crippen LogP contribution in [0.15, 0.2) is 18.2 Å². The van der Waals surface area contributed by atoms with Gasteiger partial charge in [0.05, 0.1) is 6.10 Å². The molecule has 0 saturated heterocycles. The summed E-state index contributed by atoms with van der Waals surface area (Å²) in [5, 5.41) is 6.89. The molecule has 1 N–H and O–H groups in total. The smallest absolute Gasteiger partial charge is 0.290 e. The van der Waals surface area contributed by atoms with E-state index in [0.717, 1.165) is 25.3 Å². The molecular weight excluding hydrogens is 218 g/mol. The quantitative estimate of drug-likeness (QED) is 0.794. The first-order valence-electron chi connectivity index (χ1n) is 4.86. The number of benzene rings is 1. The summed E-state index contributed by atoms with van der Waals surface area (Å²) in [7, 11) is 0. The van der Waals surface area contributed by atoms with Crippen LogP contribution < -0.4 is 4.74 Å². The number of ether oxygens (including phenoxy) is 1. The highest BCUT2D eigenvalue weighted by molar-refractivity contribution is 5.32. The highest BCUT2D eigenvalue weighted by Gasteiger charge is 2.19. The zero-order valence-corrected chi connectivity index (χ0v) is 8.53. The van der Waals surface area contributed by atoms with Crippen molar-refractivity contribution >= 4 is 6.47 Å². The van der Waals surface area contributed by atoms with Crippen LogP contribution >= 0.6 is 0 Å². The summed E-state index contributed by atoms with van der Waals surface area (Å²) in [5.74, 6) is -0.883. The number of rotatable bonds is 2. The van der Waals surface area contributed by atoms with Crippen molar-refractivity contribution in [2.24, 2.45) is 0 Å². The second kappa shape index (κ2) is 6.05. The predicted molar refractivity (Wildman–Crippen MR) is 53.3 cm³/mol. The van der Waals surface area contributed by atoms with Gasteiger partial charge in [-0.1, -0.05) is 0 Å². The molecule has 1 aliphatic carbocycles. The molecule has 16 heavy (non-hydrogen) atoms. The molecule has 0 radical (unpaired) electrons. The minimum absolute atomic E-state index is 0.154. The fourth-order valence-corrected chi connectivity index (χ4v) is 1.28. The van der Waals surface area contributed by atoms with E-state index < -0.39 is 11.6 Å². The maximum atomic E-state index is 12.7. The third-order valence-electron chi connectivity index (χ3n) is 2.19. The Morgan fingerprint density at radius 2 is 1.75 bits per heavy atom. The van der Waals surface area contributed by atoms with Gasteiger partial charge in [0, 0.05) is 18.2 Å². The van der Waals surface area contributed by atoms with Gasteiger partial charge in [-0.05, 0) is 19.3 Å². The van der Waals surface area contributed by atoms with Gasteiger partial charge in [0.1, 0.15) is 17.4 Å². The molecule has 5 heteroatoms. The molecule has 88 valence electrons. The van der Waals surface area contributed by atoms with Crippen LogP contribution in [0.25, 0.3) is 0 Å². The summed E-state index contributed by atoms with van der Waals surface area (Å²) in [6.45, 7) is -0.250. The Morgan fingerprint density at radius 1 is 1.25 bits per heavy atom. The molecule has 0 heterocycles. The maximum Gasteiger partial charge on any atom is 0.290 e. The van der Waals surface area contributed by atoms with Crippen molar-refractivity contribution in [2.45, 2.75) is 25.4 Å². The lowest BCUT2D eigenvalue weighted by Crippen LogP contribution is -2.24. The molecule has 0 amide bonds. The molecule has 1 aliphatic rings. The zero-order valence-electron chi connectivity index (χ0n) is 8.53. The van der Waals surface area contributed by atoms with E-state index in [1.807, 2.05) is 0 Å². The predicted octanol–water partition coefficient (Wildman–Crippen LogP) is 2.60. The molecule has 1 saturated carbocycles. The lowest BCUT2D eigenvalue weighted by Gasteiger charge is -2.26. The van der Waals surface area contributed by atoms with E-state index in [0.29, 0.717) is 5.75 Å². The van der Waals surface area contributed by atoms with E-state index in [9.17, 15) is 8.78 Å². The van der Waals surface area contributed by atoms with Gasteiger partial charge in [0.15, 0.2) is 0 Å². The van der Waals surface area contributed by atoms with Gasteiger partial charge in [0.2, 0.25) is 0 Å². The van der Waals surface area contributed by atoms with E-state index in [4.69, 9.17) is 14.6 Å². The Labute approximate surface area is 91.7 Å². The van der Waals surface area contributed by atoms with Crippen LogP contribution in [0.4, 0.5) is 8.78 Å². The van der Waals surface area contributed by atoms with Crippen molar-refractivity contribution in [1.29, 1.82) is 0 Å². The van der Waals surface area contributed by atoms with Crippen LogP contribution in [-0.2, 0) is 4.79 Å². The zero-order chi connectivity index (χ0) is 12.0. The second-order valence-electron chi connectivity index (χ2n) is 3.38. The molecule has 1 aromatic carbocycles. The average molecular weight is 230 g/mol. The molecule has 3 nitrogen and oxygen atoms in total. The molecule has 0 aromatic heterocycles. The third kappa shape index (κ3) is 3.84. The molecule has 1 fully saturated rings. The van der Waals surface area contributed by atoms with E-state index in [1.165, 1.54) is 12.1 Å². The molecule has 0 spiro atoms. The molecule has 0 bridgehead atoms. The normalized spacial score (nSPS) is 14.4. The van der Waals surface area contributed by atoms with Gasteiger partial charge < -0.3 is 9.84 Å². The molecule has 2 rings (SSSR count). The highest BCUT2D eigenvalue weighted by atomic mass is 19.1. The minimum atomic E-state index is -0.589. The first-order valence-corrected chi connectivity index (χ1v) is 4.86. The van der Waals surface area contributed by atoms with Crippen LogP contribution in [0.1, 0.15) is 19.3 Å². The number of carbonyl (C=O) groups is 1. The van der Waals surface area contributed by atoms with Gasteiger partial charge in [-0.2, -0.15) is 0 Å². The van der Waals surface area contributed by atoms with Crippen molar-refractivity contribution in [2.75, 3.05) is 0 Å². The van der Waals surface area contributed by atoms with Crippen LogP contribution in [-0.4, -0.2) is 17.7 Å². The molecule has 0 atom stereocenters. The summed E-state index contributed by atoms with van der Waals surface area (Å²) < 4.78 is 30.7. The number of halogens is 2. The fraction of sp³-hybridized carbons (Fsp3) is 0.364. The SMILES string of the molecule is Fc1cc(F)cc(OC2CCC2)c1.O=CO. The summed E-state index contributed by atoms with van der Waals surface area (Å²) in [6.07, 6.45) is 3.26. The van der Waals surface area contributed by atoms with Crippen molar-refractivity contribution < 1.29 is 23.4 Å². The summed E-state index contributed by atoms with van der Waals surface area (Å²) in [5.41, 5.74) is 0. The van der Waals surface area contributed by atoms with Crippen LogP contribution in [0.3, 0.4) is 0 Å². The monoisotopic (exact) mass is 230 g/mol. The standard InChI is InChI=1S/C10H10F2O.CH2O2/c11-7-4-8(12)6-10(5-7)13-9-2-1-3-9;2-1-3/h4-6,9H,1-3H2;1H,(H,2,3). The Kier molecular flexibility index (Phi) is 4.69. The van der Waals surface area contributed by atoms with Crippen LogP contribution in [0.2, 0.25) is 0 Å². The molecule has 0 aliphatic heterocycles. The Balaban J connectivity index is 0.000000386. The molecule has 0 unspecified atom stereocenters. The number of hydrogen-bond acceptors (Lipinski definition) is 2. The lowest BCUT2D eigenvalue weighted by molar-refractivity contribution is -0.122. The Bertz CT molecular complexity index is 331. The lowest BCUT2D eigenvalue weighted by atomic mass is 9.96. The van der Waals surface area contributed by atoms with E-state index in [1.54, 1.807) is 0 Å². The summed E-state index contributed by atoms with van der Waals surface area (Å²) in [4.78, 5) is 8.36. The van der Waals surface area contributed by atoms with Crippen LogP contribution in [0, 0.1) is 11.6 Å². The molecular formula is C11H12F2O3. The van der Waals surface area contributed by atoms with Gasteiger partial charge in [-0.15, -0.1) is 0 Å². The first kappa shape index (κ1) is 12.4. The van der Waals surface area contributed by atoms with Gasteiger partial charge >= 0.3 is 0 Å².